The van der Waals surface area contributed by atoms with Crippen molar-refractivity contribution in [3.63, 3.8) is 0 Å². The standard InChI is InChI=1S/C8H12O2/c1-10-8(9)7-5-3-2-4-6-7/h3,5,7H,2,4,6H2,1H3/i2D2,3D,4D2,6D2,7D. The lowest BCUT2D eigenvalue weighted by Gasteiger charge is -2.12. The minimum Gasteiger partial charge on any atom is -0.469 e. The van der Waals surface area contributed by atoms with Crippen molar-refractivity contribution in [3.8, 4) is 0 Å². The van der Waals surface area contributed by atoms with Crippen molar-refractivity contribution in [1.29, 1.82) is 0 Å². The Balaban J connectivity index is 3.60. The number of carbonyl (C=O) groups is 1. The first-order valence-corrected chi connectivity index (χ1v) is 2.64. The van der Waals surface area contributed by atoms with E-state index >= 15 is 0 Å². The van der Waals surface area contributed by atoms with E-state index < -0.39 is 37.0 Å². The number of methoxy groups -OCH3 is 1. The van der Waals surface area contributed by atoms with Crippen molar-refractivity contribution >= 4 is 5.97 Å². The summed E-state index contributed by atoms with van der Waals surface area (Å²) in [5, 5.41) is 0. The molecule has 10 heavy (non-hydrogen) atoms. The lowest BCUT2D eigenvalue weighted by Crippen LogP contribution is -2.15. The number of hydrogen-bond acceptors (Lipinski definition) is 2. The highest BCUT2D eigenvalue weighted by Crippen LogP contribution is 2.17. The average Bonchev–Trinajstić information content (AvgIpc) is 2.25. The molecular formula is C8H12O2. The first kappa shape index (κ1) is 2.10. The number of ether oxygens (including phenoxy) is 1. The highest BCUT2D eigenvalue weighted by molar-refractivity contribution is 5.74. The summed E-state index contributed by atoms with van der Waals surface area (Å²) in [7, 11) is 0.908. The Kier molecular flexibility index (Phi) is 0.712. The van der Waals surface area contributed by atoms with E-state index in [-0.39, 0.29) is 0 Å². The summed E-state index contributed by atoms with van der Waals surface area (Å²) in [6.45, 7) is 0. The fraction of sp³-hybridized carbons (Fsp3) is 0.625. The molecule has 0 N–H and O–H groups in total. The van der Waals surface area contributed by atoms with E-state index in [4.69, 9.17) is 11.0 Å². The van der Waals surface area contributed by atoms with Gasteiger partial charge in [0.15, 0.2) is 0 Å². The van der Waals surface area contributed by atoms with Crippen LogP contribution in [0.1, 0.15) is 30.1 Å². The maximum atomic E-state index is 11.5. The molecule has 1 aliphatic carbocycles. The fourth-order valence-electron chi connectivity index (χ4n) is 0.499. The van der Waals surface area contributed by atoms with Gasteiger partial charge in [-0.2, -0.15) is 0 Å². The lowest BCUT2D eigenvalue weighted by atomic mass is 9.96. The van der Waals surface area contributed by atoms with Crippen LogP contribution in [0.2, 0.25) is 0 Å². The molecule has 0 aromatic heterocycles. The second-order valence-electron chi connectivity index (χ2n) is 1.57. The minimum absolute atomic E-state index is 0.458. The number of carbonyl (C=O) groups excluding carboxylic acids is 1. The summed E-state index contributed by atoms with van der Waals surface area (Å²) in [4.78, 5) is 11.5. The molecule has 0 bridgehead atoms. The van der Waals surface area contributed by atoms with Crippen molar-refractivity contribution < 1.29 is 20.5 Å². The van der Waals surface area contributed by atoms with Gasteiger partial charge in [-0.3, -0.25) is 4.79 Å². The van der Waals surface area contributed by atoms with Gasteiger partial charge in [-0.1, -0.05) is 12.1 Å². The van der Waals surface area contributed by atoms with Crippen LogP contribution in [0.3, 0.4) is 0 Å². The second kappa shape index (κ2) is 3.40. The molecule has 1 unspecified atom stereocenters. The van der Waals surface area contributed by atoms with Crippen molar-refractivity contribution in [1.82, 2.24) is 0 Å². The molecule has 0 aromatic carbocycles. The number of allylic oxidation sites excluding steroid dienone is 1. The quantitative estimate of drug-likeness (QED) is 0.416. The molecular weight excluding hydrogens is 128 g/mol. The number of hydrogen-bond donors (Lipinski definition) is 0. The van der Waals surface area contributed by atoms with Gasteiger partial charge < -0.3 is 4.74 Å². The molecule has 2 heteroatoms. The Bertz CT molecular complexity index is 415. The summed E-state index contributed by atoms with van der Waals surface area (Å²) < 4.78 is 64.5. The van der Waals surface area contributed by atoms with E-state index in [2.05, 4.69) is 4.74 Å². The van der Waals surface area contributed by atoms with E-state index in [1.165, 1.54) is 0 Å². The lowest BCUT2D eigenvalue weighted by molar-refractivity contribution is -0.144. The van der Waals surface area contributed by atoms with Crippen LogP contribution in [0.4, 0.5) is 0 Å². The van der Waals surface area contributed by atoms with Gasteiger partial charge in [0.25, 0.3) is 0 Å². The van der Waals surface area contributed by atoms with E-state index in [0.717, 1.165) is 7.11 Å². The average molecular weight is 148 g/mol. The van der Waals surface area contributed by atoms with Crippen LogP contribution >= 0.6 is 0 Å². The summed E-state index contributed by atoms with van der Waals surface area (Å²) >= 11 is 0. The smallest absolute Gasteiger partial charge is 0.312 e. The summed E-state index contributed by atoms with van der Waals surface area (Å²) in [5.74, 6) is -4.18. The predicted octanol–water partition coefficient (Wildman–Crippen LogP) is 1.52. The molecule has 2 nitrogen and oxygen atoms in total. The Hall–Kier alpha value is -0.790. The monoisotopic (exact) mass is 148 g/mol. The first-order chi connectivity index (χ1) is 7.86. The van der Waals surface area contributed by atoms with Crippen LogP contribution < -0.4 is 0 Å². The maximum absolute atomic E-state index is 11.5. The summed E-state index contributed by atoms with van der Waals surface area (Å²) in [6, 6.07) is -0.956. The normalized spacial score (nSPS) is 59.5. The molecule has 0 saturated heterocycles. The molecule has 1 rings (SSSR count). The molecule has 1 atom stereocenters. The zero-order chi connectivity index (χ0) is 14.6. The van der Waals surface area contributed by atoms with Crippen molar-refractivity contribution in [2.45, 2.75) is 19.1 Å². The third kappa shape index (κ3) is 1.59. The Morgan fingerprint density at radius 2 is 2.90 bits per heavy atom. The molecule has 0 saturated carbocycles. The first-order valence-electron chi connectivity index (χ1n) is 6.64. The fourth-order valence-corrected chi connectivity index (χ4v) is 0.499. The Morgan fingerprint density at radius 1 is 2.10 bits per heavy atom. The molecule has 0 aliphatic heterocycles. The van der Waals surface area contributed by atoms with E-state index in [1.54, 1.807) is 0 Å². The highest BCUT2D eigenvalue weighted by Gasteiger charge is 2.16. The van der Waals surface area contributed by atoms with Crippen molar-refractivity contribution in [3.05, 3.63) is 12.1 Å². The molecule has 0 fully saturated rings. The second-order valence-corrected chi connectivity index (χ2v) is 1.57. The van der Waals surface area contributed by atoms with Crippen LogP contribution in [0.15, 0.2) is 12.1 Å². The zero-order valence-electron chi connectivity index (χ0n) is 13.4. The number of rotatable bonds is 1. The minimum atomic E-state index is -3.22. The van der Waals surface area contributed by atoms with Gasteiger partial charge in [-0.25, -0.2) is 0 Å². The van der Waals surface area contributed by atoms with Crippen molar-refractivity contribution in [2.24, 2.45) is 5.89 Å². The zero-order valence-corrected chi connectivity index (χ0v) is 5.39. The SMILES string of the molecule is [2H]C1=CC([2H])(C(=O)OC)C([2H])([2H])C([2H])([2H])C1([2H])[2H]. The molecule has 0 spiro atoms. The van der Waals surface area contributed by atoms with Gasteiger partial charge in [-0.05, 0) is 19.1 Å². The molecule has 0 heterocycles. The highest BCUT2D eigenvalue weighted by atomic mass is 16.5. The van der Waals surface area contributed by atoms with Gasteiger partial charge >= 0.3 is 5.97 Å². The number of esters is 1. The molecule has 0 amide bonds. The molecule has 1 aliphatic rings. The summed E-state index contributed by atoms with van der Waals surface area (Å²) in [6.07, 6.45) is -8.88. The maximum Gasteiger partial charge on any atom is 0.312 e. The molecule has 0 aromatic rings. The molecule has 0 radical (unpaired) electrons. The Labute approximate surface area is 72.1 Å². The van der Waals surface area contributed by atoms with E-state index in [0.29, 0.717) is 6.08 Å². The van der Waals surface area contributed by atoms with E-state index in [9.17, 15) is 4.79 Å². The van der Waals surface area contributed by atoms with Gasteiger partial charge in [0, 0.05) is 9.60 Å². The van der Waals surface area contributed by atoms with Crippen LogP contribution in [0, 0.1) is 5.89 Å². The van der Waals surface area contributed by atoms with Crippen LogP contribution in [0.5, 0.6) is 0 Å². The van der Waals surface area contributed by atoms with Crippen LogP contribution in [-0.4, -0.2) is 13.1 Å². The predicted molar refractivity (Wildman–Crippen MR) is 38.5 cm³/mol. The van der Waals surface area contributed by atoms with Crippen molar-refractivity contribution in [2.75, 3.05) is 7.11 Å². The van der Waals surface area contributed by atoms with Gasteiger partial charge in [0.05, 0.1) is 14.4 Å². The topological polar surface area (TPSA) is 26.3 Å². The summed E-state index contributed by atoms with van der Waals surface area (Å²) in [5.41, 5.74) is 0. The Morgan fingerprint density at radius 3 is 3.60 bits per heavy atom. The third-order valence-corrected chi connectivity index (χ3v) is 0.954. The van der Waals surface area contributed by atoms with Gasteiger partial charge in [-0.15, -0.1) is 0 Å². The molecule has 56 valence electrons. The van der Waals surface area contributed by atoms with Crippen LogP contribution in [-0.2, 0) is 9.53 Å². The van der Waals surface area contributed by atoms with Gasteiger partial charge in [0.1, 0.15) is 0 Å². The van der Waals surface area contributed by atoms with Gasteiger partial charge in [0.2, 0.25) is 0 Å². The third-order valence-electron chi connectivity index (χ3n) is 0.954. The largest absolute Gasteiger partial charge is 0.469 e. The van der Waals surface area contributed by atoms with E-state index in [1.807, 2.05) is 0 Å². The van der Waals surface area contributed by atoms with Crippen LogP contribution in [0.25, 0.3) is 0 Å².